The van der Waals surface area contributed by atoms with Crippen LogP contribution in [0.15, 0.2) is 11.1 Å². The third kappa shape index (κ3) is 3.21. The van der Waals surface area contributed by atoms with Crippen LogP contribution in [-0.2, 0) is 4.74 Å². The number of hydrogen-bond acceptors (Lipinski definition) is 6. The molecule has 2 aromatic rings. The molecule has 3 N–H and O–H groups in total. The van der Waals surface area contributed by atoms with Gasteiger partial charge in [-0.2, -0.15) is 0 Å². The number of hydrogen-bond donors (Lipinski definition) is 3. The molecule has 4 rings (SSSR count). The molecule has 0 aromatic carbocycles. The number of rotatable bonds is 4. The minimum absolute atomic E-state index is 0.108. The maximum atomic E-state index is 12.7. The van der Waals surface area contributed by atoms with E-state index in [-0.39, 0.29) is 17.5 Å². The van der Waals surface area contributed by atoms with E-state index in [0.29, 0.717) is 32.7 Å². The van der Waals surface area contributed by atoms with E-state index in [0.717, 1.165) is 38.9 Å². The highest BCUT2D eigenvalue weighted by Gasteiger charge is 2.34. The second kappa shape index (κ2) is 6.86. The summed E-state index contributed by atoms with van der Waals surface area (Å²) in [4.78, 5) is 32.6. The summed E-state index contributed by atoms with van der Waals surface area (Å²) in [5.41, 5.74) is 0.514. The number of ether oxygens (including phenoxy) is 1. The predicted octanol–water partition coefficient (Wildman–Crippen LogP) is 1.32. The van der Waals surface area contributed by atoms with Gasteiger partial charge in [0.1, 0.15) is 4.83 Å². The Kier molecular flexibility index (Phi) is 4.58. The topological polar surface area (TPSA) is 96.1 Å². The molecule has 3 heterocycles. The molecule has 0 bridgehead atoms. The van der Waals surface area contributed by atoms with Crippen molar-refractivity contribution in [1.29, 1.82) is 0 Å². The van der Waals surface area contributed by atoms with Crippen molar-refractivity contribution in [1.82, 2.24) is 20.6 Å². The number of carbonyl (C=O) groups is 1. The number of nitrogens with zero attached hydrogens (tertiary/aromatic N) is 1. The highest BCUT2D eigenvalue weighted by molar-refractivity contribution is 7.20. The number of H-pyrrole nitrogens is 1. The van der Waals surface area contributed by atoms with Gasteiger partial charge in [0, 0.05) is 31.3 Å². The zero-order valence-corrected chi connectivity index (χ0v) is 14.9. The predicted molar refractivity (Wildman–Crippen MR) is 96.2 cm³/mol. The SMILES string of the molecule is Cc1c(C(=O)N[C@H]2CC[C@H]2NC2CCOCC2)sc2nc[nH]c(=O)c12. The maximum absolute atomic E-state index is 12.7. The third-order valence-electron chi connectivity index (χ3n) is 5.20. The molecular formula is C17H22N4O3S. The second-order valence-electron chi connectivity index (χ2n) is 6.79. The monoisotopic (exact) mass is 362 g/mol. The second-order valence-corrected chi connectivity index (χ2v) is 7.78. The van der Waals surface area contributed by atoms with E-state index in [4.69, 9.17) is 4.74 Å². The Labute approximate surface area is 149 Å². The fourth-order valence-corrected chi connectivity index (χ4v) is 4.62. The van der Waals surface area contributed by atoms with Crippen LogP contribution >= 0.6 is 11.3 Å². The van der Waals surface area contributed by atoms with Crippen molar-refractivity contribution in [2.45, 2.75) is 50.7 Å². The number of carbonyl (C=O) groups excluding carboxylic acids is 1. The Morgan fingerprint density at radius 1 is 1.28 bits per heavy atom. The van der Waals surface area contributed by atoms with Gasteiger partial charge in [-0.05, 0) is 38.2 Å². The zero-order chi connectivity index (χ0) is 17.4. The summed E-state index contributed by atoms with van der Waals surface area (Å²) in [6.07, 6.45) is 5.49. The molecule has 0 radical (unpaired) electrons. The summed E-state index contributed by atoms with van der Waals surface area (Å²) in [6, 6.07) is 0.946. The molecule has 1 amide bonds. The van der Waals surface area contributed by atoms with E-state index < -0.39 is 0 Å². The maximum Gasteiger partial charge on any atom is 0.261 e. The van der Waals surface area contributed by atoms with Crippen LogP contribution in [0, 0.1) is 6.92 Å². The minimum atomic E-state index is -0.194. The van der Waals surface area contributed by atoms with E-state index in [1.807, 2.05) is 6.92 Å². The molecule has 2 fully saturated rings. The number of aromatic nitrogens is 2. The van der Waals surface area contributed by atoms with Crippen molar-refractivity contribution in [3.63, 3.8) is 0 Å². The van der Waals surface area contributed by atoms with E-state index in [1.54, 1.807) is 0 Å². The van der Waals surface area contributed by atoms with Gasteiger partial charge in [0.05, 0.1) is 16.6 Å². The molecule has 8 heteroatoms. The largest absolute Gasteiger partial charge is 0.381 e. The van der Waals surface area contributed by atoms with E-state index in [1.165, 1.54) is 17.7 Å². The Balaban J connectivity index is 1.44. The quantitative estimate of drug-likeness (QED) is 0.762. The lowest BCUT2D eigenvalue weighted by Gasteiger charge is -2.41. The number of amides is 1. The van der Waals surface area contributed by atoms with Crippen LogP contribution in [0.4, 0.5) is 0 Å². The molecule has 1 aliphatic heterocycles. The fraction of sp³-hybridized carbons (Fsp3) is 0.588. The van der Waals surface area contributed by atoms with Crippen molar-refractivity contribution in [2.24, 2.45) is 0 Å². The van der Waals surface area contributed by atoms with Gasteiger partial charge in [-0.3, -0.25) is 9.59 Å². The van der Waals surface area contributed by atoms with Gasteiger partial charge in [-0.1, -0.05) is 0 Å². The fourth-order valence-electron chi connectivity index (χ4n) is 3.57. The molecule has 134 valence electrons. The summed E-state index contributed by atoms with van der Waals surface area (Å²) in [7, 11) is 0. The molecular weight excluding hydrogens is 340 g/mol. The van der Waals surface area contributed by atoms with Crippen LogP contribution in [0.1, 0.15) is 40.9 Å². The summed E-state index contributed by atoms with van der Waals surface area (Å²) in [6.45, 7) is 3.43. The molecule has 7 nitrogen and oxygen atoms in total. The standard InChI is InChI=1S/C17H22N4O3S/c1-9-13-15(22)18-8-19-17(13)25-14(9)16(23)21-12-3-2-11(12)20-10-4-6-24-7-5-10/h8,10-12,20H,2-7H2,1H3,(H,21,23)(H,18,19,22)/t11-,12+/m1/s1. The summed E-state index contributed by atoms with van der Waals surface area (Å²) < 4.78 is 5.39. The number of nitrogens with one attached hydrogen (secondary N) is 3. The molecule has 1 aliphatic carbocycles. The number of aryl methyl sites for hydroxylation is 1. The highest BCUT2D eigenvalue weighted by atomic mass is 32.1. The first-order chi connectivity index (χ1) is 12.1. The normalized spacial score (nSPS) is 24.2. The number of thiophene rings is 1. The first-order valence-electron chi connectivity index (χ1n) is 8.75. The molecule has 1 saturated heterocycles. The Bertz CT molecular complexity index is 840. The van der Waals surface area contributed by atoms with Crippen LogP contribution in [0.2, 0.25) is 0 Å². The molecule has 25 heavy (non-hydrogen) atoms. The van der Waals surface area contributed by atoms with Gasteiger partial charge in [0.2, 0.25) is 0 Å². The lowest BCUT2D eigenvalue weighted by molar-refractivity contribution is 0.0653. The molecule has 0 spiro atoms. The first-order valence-corrected chi connectivity index (χ1v) is 9.56. The van der Waals surface area contributed by atoms with Crippen LogP contribution in [0.3, 0.4) is 0 Å². The van der Waals surface area contributed by atoms with E-state index in [2.05, 4.69) is 20.6 Å². The van der Waals surface area contributed by atoms with Gasteiger partial charge < -0.3 is 20.4 Å². The van der Waals surface area contributed by atoms with Gasteiger partial charge in [-0.25, -0.2) is 4.98 Å². The molecule has 1 saturated carbocycles. The Morgan fingerprint density at radius 2 is 2.04 bits per heavy atom. The number of fused-ring (bicyclic) bond motifs is 1. The van der Waals surface area contributed by atoms with Crippen molar-refractivity contribution < 1.29 is 9.53 Å². The van der Waals surface area contributed by atoms with Crippen LogP contribution in [-0.4, -0.2) is 47.2 Å². The van der Waals surface area contributed by atoms with Crippen molar-refractivity contribution in [2.75, 3.05) is 13.2 Å². The smallest absolute Gasteiger partial charge is 0.261 e. The average Bonchev–Trinajstić information content (AvgIpc) is 2.95. The van der Waals surface area contributed by atoms with E-state index in [9.17, 15) is 9.59 Å². The first kappa shape index (κ1) is 16.7. The van der Waals surface area contributed by atoms with Gasteiger partial charge in [-0.15, -0.1) is 11.3 Å². The van der Waals surface area contributed by atoms with Gasteiger partial charge in [0.15, 0.2) is 0 Å². The van der Waals surface area contributed by atoms with Crippen LogP contribution in [0.25, 0.3) is 10.2 Å². The van der Waals surface area contributed by atoms with Gasteiger partial charge >= 0.3 is 0 Å². The lowest BCUT2D eigenvalue weighted by atomic mass is 9.85. The highest BCUT2D eigenvalue weighted by Crippen LogP contribution is 2.28. The van der Waals surface area contributed by atoms with Crippen molar-refractivity contribution >= 4 is 27.5 Å². The zero-order valence-electron chi connectivity index (χ0n) is 14.1. The Morgan fingerprint density at radius 3 is 2.72 bits per heavy atom. The summed E-state index contributed by atoms with van der Waals surface area (Å²) >= 11 is 1.28. The summed E-state index contributed by atoms with van der Waals surface area (Å²) in [5, 5.41) is 7.30. The van der Waals surface area contributed by atoms with Crippen LogP contribution < -0.4 is 16.2 Å². The van der Waals surface area contributed by atoms with Crippen LogP contribution in [0.5, 0.6) is 0 Å². The van der Waals surface area contributed by atoms with Crippen molar-refractivity contribution in [3.05, 3.63) is 27.1 Å². The molecule has 0 unspecified atom stereocenters. The van der Waals surface area contributed by atoms with Crippen molar-refractivity contribution in [3.8, 4) is 0 Å². The van der Waals surface area contributed by atoms with E-state index >= 15 is 0 Å². The third-order valence-corrected chi connectivity index (χ3v) is 6.40. The molecule has 2 aromatic heterocycles. The Hall–Kier alpha value is -1.77. The summed E-state index contributed by atoms with van der Waals surface area (Å²) in [5.74, 6) is -0.108. The molecule has 2 aliphatic rings. The molecule has 2 atom stereocenters. The lowest BCUT2D eigenvalue weighted by Crippen LogP contribution is -2.59. The number of aromatic amines is 1. The van der Waals surface area contributed by atoms with Gasteiger partial charge in [0.25, 0.3) is 11.5 Å². The minimum Gasteiger partial charge on any atom is -0.381 e. The average molecular weight is 362 g/mol.